The third-order valence-electron chi connectivity index (χ3n) is 0.935. The average Bonchev–Trinajstić information content (AvgIpc) is 1.98. The number of carbonyl (C=O) groups excluding carboxylic acids is 1. The topological polar surface area (TPSA) is 35.5 Å². The molecule has 0 saturated heterocycles. The van der Waals surface area contributed by atoms with Gasteiger partial charge in [-0.05, 0) is 0 Å². The highest BCUT2D eigenvalue weighted by molar-refractivity contribution is 5.68. The van der Waals surface area contributed by atoms with E-state index in [1.165, 1.54) is 0 Å². The highest BCUT2D eigenvalue weighted by Gasteiger charge is 1.95. The van der Waals surface area contributed by atoms with Crippen molar-refractivity contribution in [2.24, 2.45) is 0 Å². The molecule has 3 heteroatoms. The second kappa shape index (κ2) is 6.55. The van der Waals surface area contributed by atoms with Crippen LogP contribution >= 0.6 is 0 Å². The molecule has 0 amide bonds. The van der Waals surface area contributed by atoms with Crippen molar-refractivity contribution < 1.29 is 14.3 Å². The predicted octanol–water partition coefficient (Wildman–Crippen LogP) is 0.790. The minimum absolute atomic E-state index is 0.174. The lowest BCUT2D eigenvalue weighted by Gasteiger charge is -2.00. The van der Waals surface area contributed by atoms with Crippen molar-refractivity contribution in [2.45, 2.75) is 13.3 Å². The molecule has 0 aliphatic carbocycles. The first-order valence-corrected chi connectivity index (χ1v) is 3.27. The van der Waals surface area contributed by atoms with E-state index in [-0.39, 0.29) is 5.97 Å². The molecule has 0 fully saturated rings. The molecule has 0 unspecified atom stereocenters. The highest BCUT2D eigenvalue weighted by Crippen LogP contribution is 1.86. The molecule has 0 aliphatic rings. The van der Waals surface area contributed by atoms with Gasteiger partial charge in [0.05, 0.1) is 13.2 Å². The monoisotopic (exact) mass is 145 g/mol. The molecule has 0 aromatic heterocycles. The summed E-state index contributed by atoms with van der Waals surface area (Å²) in [6.45, 7) is 2.64. The van der Waals surface area contributed by atoms with Crippen molar-refractivity contribution in [1.82, 2.24) is 0 Å². The smallest absolute Gasteiger partial charge is 0.305 e. The lowest BCUT2D eigenvalue weighted by Crippen LogP contribution is -2.06. The summed E-state index contributed by atoms with van der Waals surface area (Å²) >= 11 is 0. The summed E-state index contributed by atoms with van der Waals surface area (Å²) in [7, 11) is 1.60. The average molecular weight is 145 g/mol. The Morgan fingerprint density at radius 3 is 2.70 bits per heavy atom. The largest absolute Gasteiger partial charge is 0.465 e. The molecule has 0 rings (SSSR count). The first kappa shape index (κ1) is 9.43. The van der Waals surface area contributed by atoms with E-state index in [1.807, 2.05) is 0 Å². The molecule has 0 bridgehead atoms. The summed E-state index contributed by atoms with van der Waals surface area (Å²) in [5, 5.41) is 0. The van der Waals surface area contributed by atoms with Crippen molar-refractivity contribution in [2.75, 3.05) is 20.3 Å². The molecule has 0 spiro atoms. The Balaban J connectivity index is 2.96. The van der Waals surface area contributed by atoms with Crippen molar-refractivity contribution in [3.05, 3.63) is 6.42 Å². The molecule has 0 aromatic rings. The third kappa shape index (κ3) is 5.56. The molecule has 0 N–H and O–H groups in total. The van der Waals surface area contributed by atoms with Crippen LogP contribution in [0.25, 0.3) is 0 Å². The Morgan fingerprint density at radius 2 is 2.20 bits per heavy atom. The fourth-order valence-electron chi connectivity index (χ4n) is 0.420. The Kier molecular flexibility index (Phi) is 6.18. The fourth-order valence-corrected chi connectivity index (χ4v) is 0.420. The van der Waals surface area contributed by atoms with Crippen molar-refractivity contribution >= 4 is 5.97 Å². The van der Waals surface area contributed by atoms with Crippen LogP contribution in [0.5, 0.6) is 0 Å². The van der Waals surface area contributed by atoms with Crippen molar-refractivity contribution in [3.8, 4) is 0 Å². The zero-order valence-electron chi connectivity index (χ0n) is 6.42. The Hall–Kier alpha value is -0.570. The van der Waals surface area contributed by atoms with Crippen molar-refractivity contribution in [1.29, 1.82) is 0 Å². The lowest BCUT2D eigenvalue weighted by atomic mass is 10.5. The van der Waals surface area contributed by atoms with Gasteiger partial charge in [0.25, 0.3) is 0 Å². The molecular weight excluding hydrogens is 132 g/mol. The van der Waals surface area contributed by atoms with E-state index in [4.69, 9.17) is 9.47 Å². The lowest BCUT2D eigenvalue weighted by molar-refractivity contribution is -0.142. The van der Waals surface area contributed by atoms with Gasteiger partial charge in [0.15, 0.2) is 0 Å². The van der Waals surface area contributed by atoms with E-state index in [0.717, 1.165) is 0 Å². The minimum Gasteiger partial charge on any atom is -0.465 e. The maximum Gasteiger partial charge on any atom is 0.305 e. The number of methoxy groups -OCH3 is 1. The molecule has 0 atom stereocenters. The zero-order chi connectivity index (χ0) is 7.82. The number of hydrogen-bond acceptors (Lipinski definition) is 3. The van der Waals surface area contributed by atoms with Crippen LogP contribution in [0.15, 0.2) is 0 Å². The maximum atomic E-state index is 10.5. The summed E-state index contributed by atoms with van der Waals surface area (Å²) in [5.74, 6) is -0.174. The molecule has 3 nitrogen and oxygen atoms in total. The number of esters is 1. The number of carbonyl (C=O) groups is 1. The van der Waals surface area contributed by atoms with Gasteiger partial charge < -0.3 is 9.47 Å². The highest BCUT2D eigenvalue weighted by atomic mass is 16.5. The van der Waals surface area contributed by atoms with E-state index >= 15 is 0 Å². The van der Waals surface area contributed by atoms with Crippen LogP contribution in [0.2, 0.25) is 0 Å². The fraction of sp³-hybridized carbons (Fsp3) is 0.714. The van der Waals surface area contributed by atoms with Crippen LogP contribution < -0.4 is 0 Å². The van der Waals surface area contributed by atoms with Gasteiger partial charge in [0, 0.05) is 20.0 Å². The summed E-state index contributed by atoms with van der Waals surface area (Å²) in [5.41, 5.74) is 0. The van der Waals surface area contributed by atoms with Gasteiger partial charge in [-0.3, -0.25) is 4.79 Å². The molecule has 59 valence electrons. The first-order valence-electron chi connectivity index (χ1n) is 3.27. The van der Waals surface area contributed by atoms with Crippen LogP contribution in [0.3, 0.4) is 0 Å². The first-order chi connectivity index (χ1) is 4.81. The van der Waals surface area contributed by atoms with Gasteiger partial charge in [-0.2, -0.15) is 0 Å². The van der Waals surface area contributed by atoms with Crippen LogP contribution in [-0.2, 0) is 14.3 Å². The Morgan fingerprint density at radius 1 is 1.50 bits per heavy atom. The molecular formula is C7H13O3. The number of rotatable bonds is 5. The van der Waals surface area contributed by atoms with Gasteiger partial charge >= 0.3 is 5.97 Å². The predicted molar refractivity (Wildman–Crippen MR) is 37.4 cm³/mol. The van der Waals surface area contributed by atoms with Gasteiger partial charge in [-0.1, -0.05) is 6.92 Å². The summed E-state index contributed by atoms with van der Waals surface area (Å²) in [6, 6.07) is 0. The number of hydrogen-bond donors (Lipinski definition) is 0. The van der Waals surface area contributed by atoms with Gasteiger partial charge in [0.1, 0.15) is 0 Å². The van der Waals surface area contributed by atoms with E-state index in [2.05, 4.69) is 0 Å². The molecule has 0 heterocycles. The van der Waals surface area contributed by atoms with Gasteiger partial charge in [-0.25, -0.2) is 0 Å². The van der Waals surface area contributed by atoms with Gasteiger partial charge in [0.2, 0.25) is 0 Å². The van der Waals surface area contributed by atoms with Crippen molar-refractivity contribution in [3.63, 3.8) is 0 Å². The van der Waals surface area contributed by atoms with Crippen LogP contribution in [0, 0.1) is 6.42 Å². The van der Waals surface area contributed by atoms with Crippen LogP contribution in [0.1, 0.15) is 13.3 Å². The van der Waals surface area contributed by atoms with Crippen LogP contribution in [0.4, 0.5) is 0 Å². The second-order valence-electron chi connectivity index (χ2n) is 1.78. The van der Waals surface area contributed by atoms with Crippen LogP contribution in [-0.4, -0.2) is 26.3 Å². The molecule has 1 radical (unpaired) electrons. The molecule has 0 saturated carbocycles. The normalized spacial score (nSPS) is 9.40. The standard InChI is InChI=1S/C7H13O3/c1-3-7(8)10-6-4-5-9-2/h4H,3,5-6H2,1-2H3. The van der Waals surface area contributed by atoms with Gasteiger partial charge in [-0.15, -0.1) is 0 Å². The molecule has 10 heavy (non-hydrogen) atoms. The summed E-state index contributed by atoms with van der Waals surface area (Å²) < 4.78 is 9.43. The Labute approximate surface area is 61.3 Å². The zero-order valence-corrected chi connectivity index (χ0v) is 6.42. The van der Waals surface area contributed by atoms with E-state index in [9.17, 15) is 4.79 Å². The van der Waals surface area contributed by atoms with E-state index < -0.39 is 0 Å². The minimum atomic E-state index is -0.174. The maximum absolute atomic E-state index is 10.5. The summed E-state index contributed by atoms with van der Waals surface area (Å²) in [6.07, 6.45) is 2.19. The molecule has 0 aliphatic heterocycles. The quantitative estimate of drug-likeness (QED) is 0.424. The van der Waals surface area contributed by atoms with E-state index in [1.54, 1.807) is 20.5 Å². The second-order valence-corrected chi connectivity index (χ2v) is 1.78. The summed E-state index contributed by atoms with van der Waals surface area (Å²) in [4.78, 5) is 10.5. The Bertz CT molecular complexity index is 90.9. The van der Waals surface area contributed by atoms with E-state index in [0.29, 0.717) is 19.6 Å². The molecule has 0 aromatic carbocycles. The SMILES string of the molecule is CCC(=O)OC[CH]COC. The third-order valence-corrected chi connectivity index (χ3v) is 0.935. The number of ether oxygens (including phenoxy) is 2.